The monoisotopic (exact) mass is 321 g/mol. The molecule has 100 valence electrons. The van der Waals surface area contributed by atoms with Gasteiger partial charge in [-0.25, -0.2) is 0 Å². The summed E-state index contributed by atoms with van der Waals surface area (Å²) < 4.78 is 2.78. The van der Waals surface area contributed by atoms with Crippen molar-refractivity contribution in [2.45, 2.75) is 32.7 Å². The Kier molecular flexibility index (Phi) is 4.47. The van der Waals surface area contributed by atoms with Crippen LogP contribution in [0.2, 0.25) is 0 Å². The Morgan fingerprint density at radius 3 is 2.63 bits per heavy atom. The van der Waals surface area contributed by atoms with Gasteiger partial charge in [-0.1, -0.05) is 13.8 Å². The molecule has 2 aromatic rings. The molecule has 0 fully saturated rings. The standard InChI is InChI=1S/C14H16BrN3O/c1-3-12(4-2)18-8-10(9-19)14(17-18)13-6-5-11(15)7-16-13/h5-9,12H,3-4H2,1-2H3. The quantitative estimate of drug-likeness (QED) is 0.785. The van der Waals surface area contributed by atoms with Crippen molar-refractivity contribution in [3.05, 3.63) is 34.6 Å². The van der Waals surface area contributed by atoms with Gasteiger partial charge in [0.25, 0.3) is 0 Å². The third kappa shape index (κ3) is 2.92. The minimum atomic E-state index is 0.322. The van der Waals surface area contributed by atoms with Crippen LogP contribution in [0.15, 0.2) is 29.0 Å². The van der Waals surface area contributed by atoms with Crippen LogP contribution in [0.4, 0.5) is 0 Å². The maximum atomic E-state index is 11.2. The summed E-state index contributed by atoms with van der Waals surface area (Å²) in [6.45, 7) is 4.24. The van der Waals surface area contributed by atoms with E-state index < -0.39 is 0 Å². The second kappa shape index (κ2) is 6.10. The van der Waals surface area contributed by atoms with E-state index in [0.29, 0.717) is 17.3 Å². The van der Waals surface area contributed by atoms with Gasteiger partial charge in [0.05, 0.1) is 17.3 Å². The van der Waals surface area contributed by atoms with E-state index in [-0.39, 0.29) is 0 Å². The third-order valence-electron chi connectivity index (χ3n) is 3.17. The number of aromatic nitrogens is 3. The van der Waals surface area contributed by atoms with E-state index in [1.807, 2.05) is 23.0 Å². The normalized spacial score (nSPS) is 10.9. The highest BCUT2D eigenvalue weighted by Crippen LogP contribution is 2.23. The molecule has 2 heterocycles. The maximum Gasteiger partial charge on any atom is 0.153 e. The number of carbonyl (C=O) groups excluding carboxylic acids is 1. The molecule has 0 atom stereocenters. The van der Waals surface area contributed by atoms with Crippen molar-refractivity contribution in [2.75, 3.05) is 0 Å². The highest BCUT2D eigenvalue weighted by Gasteiger charge is 2.15. The molecule has 2 rings (SSSR count). The number of pyridine rings is 1. The molecule has 0 spiro atoms. The first-order valence-electron chi connectivity index (χ1n) is 6.35. The fraction of sp³-hybridized carbons (Fsp3) is 0.357. The van der Waals surface area contributed by atoms with Gasteiger partial charge in [-0.2, -0.15) is 5.10 Å². The summed E-state index contributed by atoms with van der Waals surface area (Å²) in [6, 6.07) is 4.08. The Hall–Kier alpha value is -1.49. The van der Waals surface area contributed by atoms with E-state index in [0.717, 1.165) is 29.3 Å². The number of carbonyl (C=O) groups is 1. The van der Waals surface area contributed by atoms with Crippen molar-refractivity contribution in [1.82, 2.24) is 14.8 Å². The Balaban J connectivity index is 2.45. The molecule has 0 N–H and O–H groups in total. The molecule has 0 unspecified atom stereocenters. The molecule has 0 amide bonds. The topological polar surface area (TPSA) is 47.8 Å². The van der Waals surface area contributed by atoms with Crippen molar-refractivity contribution in [3.8, 4) is 11.4 Å². The summed E-state index contributed by atoms with van der Waals surface area (Å²) in [7, 11) is 0. The summed E-state index contributed by atoms with van der Waals surface area (Å²) >= 11 is 3.35. The van der Waals surface area contributed by atoms with Gasteiger partial charge < -0.3 is 0 Å². The average molecular weight is 322 g/mol. The van der Waals surface area contributed by atoms with Crippen molar-refractivity contribution in [2.24, 2.45) is 0 Å². The van der Waals surface area contributed by atoms with Crippen molar-refractivity contribution in [3.63, 3.8) is 0 Å². The molecule has 5 heteroatoms. The van der Waals surface area contributed by atoms with Gasteiger partial charge in [-0.15, -0.1) is 0 Å². The molecular weight excluding hydrogens is 306 g/mol. The van der Waals surface area contributed by atoms with Gasteiger partial charge in [0, 0.05) is 16.9 Å². The molecule has 2 aromatic heterocycles. The van der Waals surface area contributed by atoms with Crippen LogP contribution in [0, 0.1) is 0 Å². The molecule has 0 bridgehead atoms. The summed E-state index contributed by atoms with van der Waals surface area (Å²) in [6.07, 6.45) is 6.34. The summed E-state index contributed by atoms with van der Waals surface area (Å²) in [5, 5.41) is 4.53. The molecule has 0 aromatic carbocycles. The molecule has 4 nitrogen and oxygen atoms in total. The van der Waals surface area contributed by atoms with Crippen LogP contribution in [0.25, 0.3) is 11.4 Å². The molecular formula is C14H16BrN3O. The van der Waals surface area contributed by atoms with Crippen LogP contribution in [0.5, 0.6) is 0 Å². The second-order valence-electron chi connectivity index (χ2n) is 4.36. The predicted octanol–water partition coefficient (Wildman–Crippen LogP) is 3.88. The first-order chi connectivity index (χ1) is 9.19. The SMILES string of the molecule is CCC(CC)n1cc(C=O)c(-c2ccc(Br)cn2)n1. The Labute approximate surface area is 121 Å². The summed E-state index contributed by atoms with van der Waals surface area (Å²) in [5.74, 6) is 0. The number of hydrogen-bond donors (Lipinski definition) is 0. The fourth-order valence-electron chi connectivity index (χ4n) is 2.06. The number of rotatable bonds is 5. The van der Waals surface area contributed by atoms with E-state index in [1.165, 1.54) is 0 Å². The third-order valence-corrected chi connectivity index (χ3v) is 3.64. The maximum absolute atomic E-state index is 11.2. The largest absolute Gasteiger partial charge is 0.298 e. The first kappa shape index (κ1) is 13.9. The highest BCUT2D eigenvalue weighted by atomic mass is 79.9. The van der Waals surface area contributed by atoms with Crippen LogP contribution >= 0.6 is 15.9 Å². The lowest BCUT2D eigenvalue weighted by atomic mass is 10.2. The van der Waals surface area contributed by atoms with Crippen LogP contribution in [0.1, 0.15) is 43.1 Å². The number of aldehydes is 1. The molecule has 0 aliphatic rings. The average Bonchev–Trinajstić information content (AvgIpc) is 2.85. The molecule has 0 saturated heterocycles. The smallest absolute Gasteiger partial charge is 0.153 e. The summed E-state index contributed by atoms with van der Waals surface area (Å²) in [5.41, 5.74) is 1.95. The van der Waals surface area contributed by atoms with Gasteiger partial charge >= 0.3 is 0 Å². The minimum absolute atomic E-state index is 0.322. The minimum Gasteiger partial charge on any atom is -0.298 e. The number of halogens is 1. The summed E-state index contributed by atoms with van der Waals surface area (Å²) in [4.78, 5) is 15.5. The molecule has 0 saturated carbocycles. The van der Waals surface area contributed by atoms with Crippen molar-refractivity contribution >= 4 is 22.2 Å². The van der Waals surface area contributed by atoms with Crippen LogP contribution in [-0.2, 0) is 0 Å². The lowest BCUT2D eigenvalue weighted by Crippen LogP contribution is -2.07. The van der Waals surface area contributed by atoms with Crippen LogP contribution in [-0.4, -0.2) is 21.1 Å². The Bertz CT molecular complexity index is 559. The van der Waals surface area contributed by atoms with Crippen molar-refractivity contribution in [1.29, 1.82) is 0 Å². The highest BCUT2D eigenvalue weighted by molar-refractivity contribution is 9.10. The predicted molar refractivity (Wildman–Crippen MR) is 78.2 cm³/mol. The van der Waals surface area contributed by atoms with Gasteiger partial charge in [-0.05, 0) is 40.9 Å². The van der Waals surface area contributed by atoms with Crippen molar-refractivity contribution < 1.29 is 4.79 Å². The van der Waals surface area contributed by atoms with E-state index in [4.69, 9.17) is 0 Å². The Morgan fingerprint density at radius 1 is 1.37 bits per heavy atom. The second-order valence-corrected chi connectivity index (χ2v) is 5.28. The zero-order chi connectivity index (χ0) is 13.8. The first-order valence-corrected chi connectivity index (χ1v) is 7.15. The number of hydrogen-bond acceptors (Lipinski definition) is 3. The zero-order valence-corrected chi connectivity index (χ0v) is 12.6. The van der Waals surface area contributed by atoms with Crippen LogP contribution < -0.4 is 0 Å². The van der Waals surface area contributed by atoms with Gasteiger partial charge in [0.15, 0.2) is 6.29 Å². The fourth-order valence-corrected chi connectivity index (χ4v) is 2.29. The van der Waals surface area contributed by atoms with Gasteiger partial charge in [0.1, 0.15) is 5.69 Å². The van der Waals surface area contributed by atoms with Gasteiger partial charge in [-0.3, -0.25) is 14.5 Å². The van der Waals surface area contributed by atoms with E-state index in [9.17, 15) is 4.79 Å². The molecule has 19 heavy (non-hydrogen) atoms. The lowest BCUT2D eigenvalue weighted by molar-refractivity contribution is 0.112. The number of nitrogens with zero attached hydrogens (tertiary/aromatic N) is 3. The van der Waals surface area contributed by atoms with E-state index in [2.05, 4.69) is 39.9 Å². The zero-order valence-electron chi connectivity index (χ0n) is 11.0. The molecule has 0 aliphatic heterocycles. The Morgan fingerprint density at radius 2 is 2.11 bits per heavy atom. The van der Waals surface area contributed by atoms with E-state index >= 15 is 0 Å². The van der Waals surface area contributed by atoms with E-state index in [1.54, 1.807) is 6.20 Å². The molecule has 0 radical (unpaired) electrons. The van der Waals surface area contributed by atoms with Crippen LogP contribution in [0.3, 0.4) is 0 Å². The lowest BCUT2D eigenvalue weighted by Gasteiger charge is -2.12. The molecule has 0 aliphatic carbocycles. The van der Waals surface area contributed by atoms with Gasteiger partial charge in [0.2, 0.25) is 0 Å².